The second-order valence-electron chi connectivity index (χ2n) is 5.47. The van der Waals surface area contributed by atoms with Crippen LogP contribution in [-0.4, -0.2) is 0 Å². The van der Waals surface area contributed by atoms with E-state index >= 15 is 0 Å². The molecule has 0 atom stereocenters. The molecule has 1 heterocycles. The van der Waals surface area contributed by atoms with E-state index in [0.717, 1.165) is 17.0 Å². The van der Waals surface area contributed by atoms with E-state index in [0.29, 0.717) is 5.56 Å². The maximum atomic E-state index is 14.6. The van der Waals surface area contributed by atoms with Crippen LogP contribution in [0.4, 0.5) is 15.5 Å². The fraction of sp³-hybridized carbons (Fsp3) is 0. The summed E-state index contributed by atoms with van der Waals surface area (Å²) in [6.45, 7) is 0. The Morgan fingerprint density at radius 3 is 2.04 bits per heavy atom. The predicted octanol–water partition coefficient (Wildman–Crippen LogP) is 8.43. The largest absolute Gasteiger partial charge is 0.205 e. The number of hydrogen-bond acceptors (Lipinski definition) is 1. The third-order valence-electron chi connectivity index (χ3n) is 3.54. The Balaban J connectivity index is 2.05. The molecular weight excluding hydrogens is 392 g/mol. The van der Waals surface area contributed by atoms with Crippen molar-refractivity contribution in [2.24, 2.45) is 0 Å². The van der Waals surface area contributed by atoms with E-state index in [1.807, 2.05) is 5.38 Å². The first-order valence-electron chi connectivity index (χ1n) is 7.16. The van der Waals surface area contributed by atoms with Crippen LogP contribution < -0.4 is 0 Å². The fourth-order valence-electron chi connectivity index (χ4n) is 2.29. The van der Waals surface area contributed by atoms with Crippen molar-refractivity contribution in [3.63, 3.8) is 0 Å². The summed E-state index contributed by atoms with van der Waals surface area (Å²) in [5.74, 6) is 0. The molecule has 0 aliphatic carbocycles. The highest BCUT2D eigenvalue weighted by molar-refractivity contribution is 8.52. The first kappa shape index (κ1) is 18.0. The van der Waals surface area contributed by atoms with Crippen LogP contribution in [0.15, 0.2) is 82.4 Å². The third-order valence-corrected chi connectivity index (χ3v) is 6.89. The van der Waals surface area contributed by atoms with Crippen LogP contribution in [0.25, 0.3) is 15.5 Å². The van der Waals surface area contributed by atoms with E-state index in [1.54, 1.807) is 18.2 Å². The van der Waals surface area contributed by atoms with Crippen molar-refractivity contribution in [3.05, 3.63) is 83.1 Å². The van der Waals surface area contributed by atoms with Gasteiger partial charge in [-0.15, -0.1) is 26.9 Å². The quantitative estimate of drug-likeness (QED) is 0.383. The number of benzene rings is 2. The Bertz CT molecular complexity index is 911. The van der Waals surface area contributed by atoms with E-state index in [-0.39, 0.29) is 11.0 Å². The zero-order chi connectivity index (χ0) is 18.2. The molecule has 132 valence electrons. The highest BCUT2D eigenvalue weighted by Gasteiger charge is 2.62. The molecule has 0 unspecified atom stereocenters. The topological polar surface area (TPSA) is 0 Å². The van der Waals surface area contributed by atoms with Gasteiger partial charge in [0.2, 0.25) is 9.84 Å². The maximum Gasteiger partial charge on any atom is 0.205 e. The maximum absolute atomic E-state index is 14.6. The van der Waals surface area contributed by atoms with Gasteiger partial charge in [0.25, 0.3) is 0 Å². The van der Waals surface area contributed by atoms with Gasteiger partial charge in [-0.2, -0.15) is 0 Å². The molecule has 7 heteroatoms. The molecule has 0 radical (unpaired) electrons. The van der Waals surface area contributed by atoms with Crippen LogP contribution in [0.2, 0.25) is 0 Å². The van der Waals surface area contributed by atoms with Gasteiger partial charge in [0, 0.05) is 4.88 Å². The Morgan fingerprint density at radius 1 is 0.840 bits per heavy atom. The molecule has 3 aromatic rings. The van der Waals surface area contributed by atoms with E-state index < -0.39 is 19.8 Å². The molecule has 0 N–H and O–H groups in total. The van der Waals surface area contributed by atoms with Gasteiger partial charge in [-0.3, -0.25) is 0 Å². The molecule has 3 rings (SSSR count). The summed E-state index contributed by atoms with van der Waals surface area (Å²) in [5.41, 5.74) is 0.709. The summed E-state index contributed by atoms with van der Waals surface area (Å²) in [6.07, 6.45) is 0. The van der Waals surface area contributed by atoms with Gasteiger partial charge in [-0.05, 0) is 34.7 Å². The number of halogens is 5. The lowest BCUT2D eigenvalue weighted by Gasteiger charge is -2.47. The van der Waals surface area contributed by atoms with Gasteiger partial charge in [-0.1, -0.05) is 60.1 Å². The minimum absolute atomic E-state index is 0.106. The SMILES string of the molecule is FS(F)(F)(F)(/C=C(/Cl)c1ccccc1)c1ccc(-c2cccs2)cc1. The molecule has 0 aliphatic heterocycles. The molecule has 0 saturated carbocycles. The van der Waals surface area contributed by atoms with Crippen LogP contribution in [0, 0.1) is 0 Å². The van der Waals surface area contributed by atoms with Crippen molar-refractivity contribution in [1.29, 1.82) is 0 Å². The zero-order valence-electron chi connectivity index (χ0n) is 12.7. The van der Waals surface area contributed by atoms with Gasteiger partial charge in [-0.25, -0.2) is 0 Å². The number of thiophene rings is 1. The van der Waals surface area contributed by atoms with Crippen LogP contribution in [0.3, 0.4) is 0 Å². The van der Waals surface area contributed by atoms with Gasteiger partial charge in [0.1, 0.15) is 0 Å². The monoisotopic (exact) mass is 404 g/mol. The van der Waals surface area contributed by atoms with Crippen LogP contribution in [-0.2, 0) is 0 Å². The third kappa shape index (κ3) is 3.92. The molecule has 0 saturated heterocycles. The van der Waals surface area contributed by atoms with Crippen molar-refractivity contribution in [2.45, 2.75) is 4.90 Å². The summed E-state index contributed by atoms with van der Waals surface area (Å²) in [5, 5.41) is 0.762. The molecule has 0 bridgehead atoms. The molecule has 0 fully saturated rings. The van der Waals surface area contributed by atoms with Crippen LogP contribution in [0.1, 0.15) is 5.56 Å². The summed E-state index contributed by atoms with van der Waals surface area (Å²) >= 11 is 7.16. The summed E-state index contributed by atoms with van der Waals surface area (Å²) in [6, 6.07) is 15.2. The van der Waals surface area contributed by atoms with Crippen molar-refractivity contribution < 1.29 is 15.5 Å². The number of hydrogen-bond donors (Lipinski definition) is 0. The molecule has 25 heavy (non-hydrogen) atoms. The van der Waals surface area contributed by atoms with Crippen LogP contribution >= 0.6 is 32.8 Å². The van der Waals surface area contributed by atoms with Crippen molar-refractivity contribution in [2.75, 3.05) is 0 Å². The summed E-state index contributed by atoms with van der Waals surface area (Å²) < 4.78 is 58.3. The van der Waals surface area contributed by atoms with E-state index in [4.69, 9.17) is 11.6 Å². The number of rotatable bonds is 4. The van der Waals surface area contributed by atoms with E-state index in [9.17, 15) is 15.5 Å². The summed E-state index contributed by atoms with van der Waals surface area (Å²) in [4.78, 5) is -0.512. The van der Waals surface area contributed by atoms with Crippen molar-refractivity contribution in [1.82, 2.24) is 0 Å². The lowest BCUT2D eigenvalue weighted by Crippen LogP contribution is -2.10. The molecular formula is C18H13ClF4S2. The zero-order valence-corrected chi connectivity index (χ0v) is 15.1. The lowest BCUT2D eigenvalue weighted by atomic mass is 10.2. The lowest BCUT2D eigenvalue weighted by molar-refractivity contribution is 0.466. The second-order valence-corrected chi connectivity index (χ2v) is 9.79. The Labute approximate surface area is 151 Å². The predicted molar refractivity (Wildman–Crippen MR) is 100 cm³/mol. The average Bonchev–Trinajstić information content (AvgIpc) is 3.09. The van der Waals surface area contributed by atoms with E-state index in [2.05, 4.69) is 0 Å². The molecule has 0 amide bonds. The second kappa shape index (κ2) is 5.62. The van der Waals surface area contributed by atoms with Crippen molar-refractivity contribution >= 4 is 37.8 Å². The minimum Gasteiger partial charge on any atom is -0.144 e. The first-order valence-corrected chi connectivity index (χ1v) is 10.5. The van der Waals surface area contributed by atoms with E-state index in [1.165, 1.54) is 47.7 Å². The summed E-state index contributed by atoms with van der Waals surface area (Å²) in [7, 11) is -8.66. The Morgan fingerprint density at radius 2 is 1.48 bits per heavy atom. The minimum atomic E-state index is -8.66. The molecule has 0 nitrogen and oxygen atoms in total. The molecule has 0 spiro atoms. The fourth-order valence-corrected chi connectivity index (χ4v) is 5.08. The first-order chi connectivity index (χ1) is 11.6. The normalized spacial score (nSPS) is 15.5. The Hall–Kier alpha value is -1.76. The average molecular weight is 405 g/mol. The molecule has 1 aromatic heterocycles. The van der Waals surface area contributed by atoms with Gasteiger partial charge in [0.05, 0.1) is 15.3 Å². The Kier molecular flexibility index (Phi) is 4.06. The van der Waals surface area contributed by atoms with Crippen molar-refractivity contribution in [3.8, 4) is 10.4 Å². The van der Waals surface area contributed by atoms with Crippen LogP contribution in [0.5, 0.6) is 0 Å². The van der Waals surface area contributed by atoms with Gasteiger partial charge < -0.3 is 0 Å². The molecule has 2 aromatic carbocycles. The van der Waals surface area contributed by atoms with Gasteiger partial charge >= 0.3 is 0 Å². The molecule has 0 aliphatic rings. The van der Waals surface area contributed by atoms with Gasteiger partial charge in [0.15, 0.2) is 0 Å². The standard InChI is InChI=1S/C18H13ClF4S2/c19-17(14-5-2-1-3-6-14)13-25(20,21,22,23)16-10-8-15(9-11-16)18-7-4-12-24-18/h1-13H/b17-13+. The highest BCUT2D eigenvalue weighted by atomic mass is 35.5. The smallest absolute Gasteiger partial charge is 0.144 e. The highest BCUT2D eigenvalue weighted by Crippen LogP contribution is 3.02.